The number of amides is 1. The lowest BCUT2D eigenvalue weighted by Crippen LogP contribution is -2.53. The van der Waals surface area contributed by atoms with Crippen molar-refractivity contribution in [3.05, 3.63) is 42.2 Å². The second-order valence-electron chi connectivity index (χ2n) is 8.09. The zero-order valence-corrected chi connectivity index (χ0v) is 17.3. The van der Waals surface area contributed by atoms with Crippen LogP contribution in [0.4, 0.5) is 0 Å². The molecule has 7 heteroatoms. The van der Waals surface area contributed by atoms with E-state index in [1.54, 1.807) is 11.8 Å². The summed E-state index contributed by atoms with van der Waals surface area (Å²) in [6.07, 6.45) is 2.97. The summed E-state index contributed by atoms with van der Waals surface area (Å²) >= 11 is 0. The first-order chi connectivity index (χ1) is 14.6. The van der Waals surface area contributed by atoms with Crippen LogP contribution in [0.2, 0.25) is 0 Å². The number of hydrogen-bond donors (Lipinski definition) is 0. The average molecular weight is 412 g/mol. The monoisotopic (exact) mass is 412 g/mol. The molecule has 0 saturated carbocycles. The summed E-state index contributed by atoms with van der Waals surface area (Å²) in [6, 6.07) is 11.6. The van der Waals surface area contributed by atoms with Crippen LogP contribution in [-0.2, 0) is 25.5 Å². The van der Waals surface area contributed by atoms with E-state index in [2.05, 4.69) is 5.16 Å². The number of benzene rings is 1. The fourth-order valence-corrected chi connectivity index (χ4v) is 4.44. The Bertz CT molecular complexity index is 875. The van der Waals surface area contributed by atoms with Crippen LogP contribution in [0.3, 0.4) is 0 Å². The van der Waals surface area contributed by atoms with Gasteiger partial charge in [-0.2, -0.15) is 0 Å². The van der Waals surface area contributed by atoms with Crippen molar-refractivity contribution >= 4 is 11.9 Å². The van der Waals surface area contributed by atoms with Gasteiger partial charge in [0.2, 0.25) is 0 Å². The molecule has 0 aliphatic carbocycles. The van der Waals surface area contributed by atoms with Gasteiger partial charge in [0.05, 0.1) is 12.0 Å². The van der Waals surface area contributed by atoms with Crippen molar-refractivity contribution in [3.8, 4) is 11.3 Å². The number of carbonyl (C=O) groups excluding carboxylic acids is 2. The molecule has 1 amide bonds. The number of ether oxygens (including phenoxy) is 2. The molecule has 2 aliphatic rings. The molecule has 2 aliphatic heterocycles. The van der Waals surface area contributed by atoms with Gasteiger partial charge < -0.3 is 18.9 Å². The van der Waals surface area contributed by atoms with Gasteiger partial charge in [0.1, 0.15) is 17.6 Å². The van der Waals surface area contributed by atoms with Gasteiger partial charge in [-0.3, -0.25) is 9.59 Å². The Morgan fingerprint density at radius 3 is 2.83 bits per heavy atom. The van der Waals surface area contributed by atoms with E-state index in [1.807, 2.05) is 36.4 Å². The third-order valence-electron chi connectivity index (χ3n) is 5.94. The molecule has 3 heterocycles. The first kappa shape index (κ1) is 20.6. The van der Waals surface area contributed by atoms with Crippen molar-refractivity contribution in [3.63, 3.8) is 0 Å². The lowest BCUT2D eigenvalue weighted by molar-refractivity contribution is -0.162. The van der Waals surface area contributed by atoms with E-state index in [4.69, 9.17) is 14.0 Å². The van der Waals surface area contributed by atoms with Crippen molar-refractivity contribution in [2.75, 3.05) is 26.3 Å². The van der Waals surface area contributed by atoms with E-state index in [0.717, 1.165) is 30.5 Å². The number of aromatic nitrogens is 1. The fraction of sp³-hybridized carbons (Fsp3) is 0.522. The van der Waals surface area contributed by atoms with Gasteiger partial charge in [0.25, 0.3) is 5.91 Å². The highest BCUT2D eigenvalue weighted by atomic mass is 16.5. The first-order valence-electron chi connectivity index (χ1n) is 10.7. The molecule has 0 radical (unpaired) electrons. The topological polar surface area (TPSA) is 81.9 Å². The molecule has 1 aromatic carbocycles. The van der Waals surface area contributed by atoms with Gasteiger partial charge in [0, 0.05) is 37.7 Å². The van der Waals surface area contributed by atoms with Gasteiger partial charge in [-0.05, 0) is 32.6 Å². The highest BCUT2D eigenvalue weighted by molar-refractivity contribution is 5.83. The molecule has 4 rings (SSSR count). The Kier molecular flexibility index (Phi) is 6.18. The summed E-state index contributed by atoms with van der Waals surface area (Å²) in [5, 5.41) is 4.18. The maximum atomic E-state index is 13.0. The van der Waals surface area contributed by atoms with E-state index in [0.29, 0.717) is 44.9 Å². The molecule has 2 aromatic rings. The molecule has 2 fully saturated rings. The Labute approximate surface area is 176 Å². The van der Waals surface area contributed by atoms with Crippen LogP contribution in [0.5, 0.6) is 0 Å². The summed E-state index contributed by atoms with van der Waals surface area (Å²) in [5.41, 5.74) is 0.847. The molecule has 7 nitrogen and oxygen atoms in total. The number of rotatable bonds is 6. The van der Waals surface area contributed by atoms with Crippen LogP contribution in [0, 0.1) is 5.41 Å². The summed E-state index contributed by atoms with van der Waals surface area (Å²) < 4.78 is 16.6. The standard InChI is InChI=1S/C23H28N2O5/c1-2-28-22(27)23(11-7-12-25(16-23)21(26)20-10-6-13-29-20)15-18-14-19(24-30-18)17-8-4-3-5-9-17/h3-5,8-9,14,20H,2,6-7,10-13,15-16H2,1H3/t20-,23+/m0/s1. The molecule has 160 valence electrons. The van der Waals surface area contributed by atoms with Crippen molar-refractivity contribution < 1.29 is 23.6 Å². The molecule has 0 bridgehead atoms. The van der Waals surface area contributed by atoms with Crippen LogP contribution < -0.4 is 0 Å². The SMILES string of the molecule is CCOC(=O)[C@@]1(Cc2cc(-c3ccccc3)no2)CCCN(C(=O)[C@@H]2CCCO2)C1. The van der Waals surface area contributed by atoms with Crippen LogP contribution in [0.15, 0.2) is 40.9 Å². The number of esters is 1. The van der Waals surface area contributed by atoms with Gasteiger partial charge in [-0.15, -0.1) is 0 Å². The Hall–Kier alpha value is -2.67. The van der Waals surface area contributed by atoms with E-state index < -0.39 is 11.5 Å². The molecule has 0 spiro atoms. The third kappa shape index (κ3) is 4.26. The van der Waals surface area contributed by atoms with Crippen LogP contribution >= 0.6 is 0 Å². The zero-order chi connectivity index (χ0) is 21.0. The minimum Gasteiger partial charge on any atom is -0.466 e. The largest absolute Gasteiger partial charge is 0.466 e. The van der Waals surface area contributed by atoms with E-state index >= 15 is 0 Å². The summed E-state index contributed by atoms with van der Waals surface area (Å²) in [4.78, 5) is 27.7. The maximum absolute atomic E-state index is 13.0. The van der Waals surface area contributed by atoms with E-state index in [-0.39, 0.29) is 11.9 Å². The highest BCUT2D eigenvalue weighted by Crippen LogP contribution is 2.37. The number of nitrogens with zero attached hydrogens (tertiary/aromatic N) is 2. The summed E-state index contributed by atoms with van der Waals surface area (Å²) in [6.45, 7) is 3.66. The van der Waals surface area contributed by atoms with Crippen LogP contribution in [0.1, 0.15) is 38.4 Å². The smallest absolute Gasteiger partial charge is 0.314 e. The van der Waals surface area contributed by atoms with Gasteiger partial charge >= 0.3 is 5.97 Å². The first-order valence-corrected chi connectivity index (χ1v) is 10.7. The Morgan fingerprint density at radius 2 is 2.10 bits per heavy atom. The minimum atomic E-state index is -0.837. The zero-order valence-electron chi connectivity index (χ0n) is 17.3. The predicted molar refractivity (Wildman–Crippen MR) is 109 cm³/mol. The Morgan fingerprint density at radius 1 is 1.27 bits per heavy atom. The van der Waals surface area contributed by atoms with Gasteiger partial charge in [-0.1, -0.05) is 35.5 Å². The number of carbonyl (C=O) groups is 2. The van der Waals surface area contributed by atoms with Crippen molar-refractivity contribution in [1.29, 1.82) is 0 Å². The normalized spacial score (nSPS) is 24.0. The van der Waals surface area contributed by atoms with Gasteiger partial charge in [-0.25, -0.2) is 0 Å². The molecule has 0 unspecified atom stereocenters. The molecule has 0 N–H and O–H groups in total. The molecule has 2 atom stereocenters. The average Bonchev–Trinajstić information content (AvgIpc) is 3.47. The predicted octanol–water partition coefficient (Wildman–Crippen LogP) is 3.24. The summed E-state index contributed by atoms with van der Waals surface area (Å²) in [7, 11) is 0. The minimum absolute atomic E-state index is 0.0246. The van der Waals surface area contributed by atoms with Crippen molar-refractivity contribution in [2.45, 2.75) is 45.1 Å². The van der Waals surface area contributed by atoms with Crippen LogP contribution in [0.25, 0.3) is 11.3 Å². The van der Waals surface area contributed by atoms with E-state index in [9.17, 15) is 9.59 Å². The lowest BCUT2D eigenvalue weighted by Gasteiger charge is -2.41. The summed E-state index contributed by atoms with van der Waals surface area (Å²) in [5.74, 6) is 0.309. The molecular formula is C23H28N2O5. The molecule has 2 saturated heterocycles. The quantitative estimate of drug-likeness (QED) is 0.678. The molecule has 1 aromatic heterocycles. The molecule has 30 heavy (non-hydrogen) atoms. The van der Waals surface area contributed by atoms with Gasteiger partial charge in [0.15, 0.2) is 0 Å². The van der Waals surface area contributed by atoms with Crippen LogP contribution in [-0.4, -0.2) is 54.3 Å². The number of piperidine rings is 1. The van der Waals surface area contributed by atoms with Crippen molar-refractivity contribution in [2.24, 2.45) is 5.41 Å². The lowest BCUT2D eigenvalue weighted by atomic mass is 9.76. The Balaban J connectivity index is 1.56. The second-order valence-corrected chi connectivity index (χ2v) is 8.09. The highest BCUT2D eigenvalue weighted by Gasteiger charge is 2.46. The second kappa shape index (κ2) is 9.00. The van der Waals surface area contributed by atoms with Crippen molar-refractivity contribution in [1.82, 2.24) is 10.1 Å². The third-order valence-corrected chi connectivity index (χ3v) is 5.94. The number of hydrogen-bond acceptors (Lipinski definition) is 6. The van der Waals surface area contributed by atoms with E-state index in [1.165, 1.54) is 0 Å². The number of likely N-dealkylation sites (tertiary alicyclic amines) is 1. The fourth-order valence-electron chi connectivity index (χ4n) is 4.44. The maximum Gasteiger partial charge on any atom is 0.314 e. The molecular weight excluding hydrogens is 384 g/mol.